The molecule has 0 aliphatic carbocycles. The van der Waals surface area contributed by atoms with Crippen LogP contribution in [0.25, 0.3) is 0 Å². The van der Waals surface area contributed by atoms with E-state index in [-0.39, 0.29) is 6.61 Å². The average Bonchev–Trinajstić information content (AvgIpc) is 2.23. The van der Waals surface area contributed by atoms with Gasteiger partial charge in [-0.1, -0.05) is 6.92 Å². The Morgan fingerprint density at radius 3 is 2.93 bits per heavy atom. The molecule has 2 heterocycles. The molecule has 0 aromatic carbocycles. The highest BCUT2D eigenvalue weighted by atomic mass is 16.3. The lowest BCUT2D eigenvalue weighted by Crippen LogP contribution is -2.53. The molecule has 3 nitrogen and oxygen atoms in total. The monoisotopic (exact) mass is 197 g/mol. The summed E-state index contributed by atoms with van der Waals surface area (Å²) in [6, 6.07) is 0.457. The van der Waals surface area contributed by atoms with Gasteiger partial charge in [0.15, 0.2) is 0 Å². The molecule has 3 unspecified atom stereocenters. The average molecular weight is 197 g/mol. The van der Waals surface area contributed by atoms with Gasteiger partial charge in [0, 0.05) is 25.6 Å². The van der Waals surface area contributed by atoms with E-state index in [9.17, 15) is 4.79 Å². The van der Waals surface area contributed by atoms with Crippen molar-refractivity contribution in [1.29, 1.82) is 0 Å². The minimum Gasteiger partial charge on any atom is -0.396 e. The molecule has 1 N–H and O–H groups in total. The van der Waals surface area contributed by atoms with Crippen molar-refractivity contribution in [1.82, 2.24) is 4.90 Å². The maximum absolute atomic E-state index is 11.7. The van der Waals surface area contributed by atoms with Crippen LogP contribution in [-0.2, 0) is 4.79 Å². The molecule has 3 atom stereocenters. The van der Waals surface area contributed by atoms with E-state index in [0.717, 1.165) is 25.8 Å². The highest BCUT2D eigenvalue weighted by Crippen LogP contribution is 2.32. The summed E-state index contributed by atoms with van der Waals surface area (Å²) in [4.78, 5) is 13.7. The Hall–Kier alpha value is -0.570. The van der Waals surface area contributed by atoms with Crippen LogP contribution >= 0.6 is 0 Å². The van der Waals surface area contributed by atoms with E-state index >= 15 is 0 Å². The van der Waals surface area contributed by atoms with Crippen LogP contribution in [-0.4, -0.2) is 35.1 Å². The van der Waals surface area contributed by atoms with Crippen LogP contribution in [0.1, 0.15) is 32.6 Å². The summed E-state index contributed by atoms with van der Waals surface area (Å²) in [5, 5.41) is 9.10. The van der Waals surface area contributed by atoms with Crippen LogP contribution in [0.3, 0.4) is 0 Å². The number of aliphatic hydroxyl groups is 1. The van der Waals surface area contributed by atoms with Gasteiger partial charge < -0.3 is 10.0 Å². The van der Waals surface area contributed by atoms with Crippen molar-refractivity contribution in [2.45, 2.75) is 38.6 Å². The van der Waals surface area contributed by atoms with Gasteiger partial charge in [0.2, 0.25) is 5.91 Å². The molecule has 0 radical (unpaired) electrons. The molecule has 0 aromatic rings. The zero-order valence-corrected chi connectivity index (χ0v) is 8.78. The van der Waals surface area contributed by atoms with Crippen molar-refractivity contribution in [3.8, 4) is 0 Å². The number of amides is 1. The van der Waals surface area contributed by atoms with E-state index in [2.05, 4.69) is 6.92 Å². The summed E-state index contributed by atoms with van der Waals surface area (Å²) >= 11 is 0. The van der Waals surface area contributed by atoms with Gasteiger partial charge in [0.1, 0.15) is 0 Å². The molecule has 0 spiro atoms. The second-order valence-corrected chi connectivity index (χ2v) is 4.76. The third-order valence-electron chi connectivity index (χ3n) is 3.77. The van der Waals surface area contributed by atoms with Gasteiger partial charge in [-0.25, -0.2) is 0 Å². The van der Waals surface area contributed by atoms with Gasteiger partial charge >= 0.3 is 0 Å². The molecule has 0 aromatic heterocycles. The number of carbonyl (C=O) groups excluding carboxylic acids is 1. The van der Waals surface area contributed by atoms with Gasteiger partial charge in [0.05, 0.1) is 0 Å². The van der Waals surface area contributed by atoms with Crippen LogP contribution in [0.15, 0.2) is 0 Å². The largest absolute Gasteiger partial charge is 0.396 e. The quantitative estimate of drug-likeness (QED) is 0.681. The first-order valence-electron chi connectivity index (χ1n) is 5.62. The van der Waals surface area contributed by atoms with Crippen molar-refractivity contribution in [3.63, 3.8) is 0 Å². The van der Waals surface area contributed by atoms with Gasteiger partial charge in [-0.05, 0) is 31.1 Å². The number of fused-ring (bicyclic) bond motifs is 1. The van der Waals surface area contributed by atoms with E-state index < -0.39 is 0 Å². The summed E-state index contributed by atoms with van der Waals surface area (Å²) in [5.74, 6) is 1.26. The van der Waals surface area contributed by atoms with Crippen LogP contribution < -0.4 is 0 Å². The standard InChI is InChI=1S/C11H19NO2/c1-8-2-5-11(14)12-6-9(7-13)3-4-10(8)12/h8-10,13H,2-7H2,1H3. The minimum absolute atomic E-state index is 0.227. The number of piperidine rings is 2. The summed E-state index contributed by atoms with van der Waals surface area (Å²) in [5.41, 5.74) is 0. The molecule has 2 fully saturated rings. The van der Waals surface area contributed by atoms with Gasteiger partial charge in [0.25, 0.3) is 0 Å². The summed E-state index contributed by atoms with van der Waals surface area (Å²) < 4.78 is 0. The highest BCUT2D eigenvalue weighted by molar-refractivity contribution is 5.77. The fourth-order valence-corrected chi connectivity index (χ4v) is 2.78. The first kappa shape index (κ1) is 9.97. The zero-order chi connectivity index (χ0) is 10.1. The van der Waals surface area contributed by atoms with Crippen LogP contribution in [0, 0.1) is 11.8 Å². The number of carbonyl (C=O) groups is 1. The summed E-state index contributed by atoms with van der Waals surface area (Å²) in [7, 11) is 0. The Kier molecular flexibility index (Phi) is 2.77. The molecular formula is C11H19NO2. The van der Waals surface area contributed by atoms with Crippen molar-refractivity contribution >= 4 is 5.91 Å². The number of aliphatic hydroxyl groups excluding tert-OH is 1. The van der Waals surface area contributed by atoms with Gasteiger partial charge in [-0.15, -0.1) is 0 Å². The predicted octanol–water partition coefficient (Wildman–Crippen LogP) is 1.02. The lowest BCUT2D eigenvalue weighted by molar-refractivity contribution is -0.142. The van der Waals surface area contributed by atoms with Crippen LogP contribution in [0.4, 0.5) is 0 Å². The number of hydrogen-bond acceptors (Lipinski definition) is 2. The van der Waals surface area contributed by atoms with Crippen LogP contribution in [0.5, 0.6) is 0 Å². The van der Waals surface area contributed by atoms with Crippen molar-refractivity contribution in [2.75, 3.05) is 13.2 Å². The van der Waals surface area contributed by atoms with E-state index in [1.807, 2.05) is 4.90 Å². The molecule has 80 valence electrons. The Balaban J connectivity index is 2.06. The molecule has 2 aliphatic heterocycles. The smallest absolute Gasteiger partial charge is 0.222 e. The molecule has 2 aliphatic rings. The first-order valence-corrected chi connectivity index (χ1v) is 5.62. The topological polar surface area (TPSA) is 40.5 Å². The van der Waals surface area contributed by atoms with Crippen molar-refractivity contribution < 1.29 is 9.90 Å². The molecule has 0 saturated carbocycles. The van der Waals surface area contributed by atoms with E-state index in [0.29, 0.717) is 30.2 Å². The SMILES string of the molecule is CC1CCC(=O)N2CC(CO)CCC12. The lowest BCUT2D eigenvalue weighted by Gasteiger charge is -2.45. The number of nitrogens with zero attached hydrogens (tertiary/aromatic N) is 1. The number of rotatable bonds is 1. The minimum atomic E-state index is 0.227. The molecular weight excluding hydrogens is 178 g/mol. The summed E-state index contributed by atoms with van der Waals surface area (Å²) in [6.07, 6.45) is 3.91. The lowest BCUT2D eigenvalue weighted by atomic mass is 9.81. The second kappa shape index (κ2) is 3.89. The normalized spacial score (nSPS) is 38.3. The Morgan fingerprint density at radius 1 is 1.43 bits per heavy atom. The fourth-order valence-electron chi connectivity index (χ4n) is 2.78. The van der Waals surface area contributed by atoms with E-state index in [4.69, 9.17) is 5.11 Å². The van der Waals surface area contributed by atoms with E-state index in [1.54, 1.807) is 0 Å². The van der Waals surface area contributed by atoms with Crippen molar-refractivity contribution in [2.24, 2.45) is 11.8 Å². The molecule has 3 heteroatoms. The molecule has 0 bridgehead atoms. The third-order valence-corrected chi connectivity index (χ3v) is 3.77. The molecule has 2 rings (SSSR count). The van der Waals surface area contributed by atoms with Crippen molar-refractivity contribution in [3.05, 3.63) is 0 Å². The molecule has 14 heavy (non-hydrogen) atoms. The van der Waals surface area contributed by atoms with E-state index in [1.165, 1.54) is 0 Å². The Labute approximate surface area is 85.1 Å². The highest BCUT2D eigenvalue weighted by Gasteiger charge is 2.37. The Morgan fingerprint density at radius 2 is 2.21 bits per heavy atom. The maximum atomic E-state index is 11.7. The van der Waals surface area contributed by atoms with Gasteiger partial charge in [-0.2, -0.15) is 0 Å². The maximum Gasteiger partial charge on any atom is 0.222 e. The molecule has 1 amide bonds. The van der Waals surface area contributed by atoms with Crippen LogP contribution in [0.2, 0.25) is 0 Å². The molecule has 2 saturated heterocycles. The fraction of sp³-hybridized carbons (Fsp3) is 0.909. The zero-order valence-electron chi connectivity index (χ0n) is 8.78. The number of hydrogen-bond donors (Lipinski definition) is 1. The first-order chi connectivity index (χ1) is 6.72. The second-order valence-electron chi connectivity index (χ2n) is 4.76. The third kappa shape index (κ3) is 1.65. The summed E-state index contributed by atoms with van der Waals surface area (Å²) in [6.45, 7) is 3.25. The van der Waals surface area contributed by atoms with Gasteiger partial charge in [-0.3, -0.25) is 4.79 Å². The Bertz CT molecular complexity index is 229. The predicted molar refractivity (Wildman–Crippen MR) is 53.7 cm³/mol.